The van der Waals surface area contributed by atoms with Crippen molar-refractivity contribution in [1.29, 1.82) is 0 Å². The van der Waals surface area contributed by atoms with E-state index in [1.165, 1.54) is 30.4 Å². The Morgan fingerprint density at radius 2 is 2.04 bits per heavy atom. The molecule has 0 aliphatic rings. The van der Waals surface area contributed by atoms with Gasteiger partial charge >= 0.3 is 5.97 Å². The minimum Gasteiger partial charge on any atom is -0.486 e. The van der Waals surface area contributed by atoms with Crippen molar-refractivity contribution >= 4 is 54.2 Å². The molecular weight excluding hydrogens is 449 g/mol. The molecule has 1 N–H and O–H groups in total. The molecule has 28 heavy (non-hydrogen) atoms. The average Bonchev–Trinajstić information content (AvgIpc) is 2.98. The molecule has 1 amide bonds. The van der Waals surface area contributed by atoms with Gasteiger partial charge in [0.15, 0.2) is 5.75 Å². The number of hydrogen-bond donors (Lipinski definition) is 1. The highest BCUT2D eigenvalue weighted by Crippen LogP contribution is 2.44. The molecule has 0 atom stereocenters. The topological polar surface area (TPSA) is 64.6 Å². The lowest BCUT2D eigenvalue weighted by atomic mass is 10.1. The van der Waals surface area contributed by atoms with E-state index >= 15 is 0 Å². The summed E-state index contributed by atoms with van der Waals surface area (Å²) in [6, 6.07) is 9.67. The molecule has 0 aliphatic carbocycles. The van der Waals surface area contributed by atoms with E-state index in [4.69, 9.17) is 9.47 Å². The van der Waals surface area contributed by atoms with Crippen molar-refractivity contribution in [3.8, 4) is 5.75 Å². The lowest BCUT2D eigenvalue weighted by Crippen LogP contribution is -2.10. The van der Waals surface area contributed by atoms with Gasteiger partial charge in [-0.15, -0.1) is 11.3 Å². The first kappa shape index (κ1) is 20.3. The van der Waals surface area contributed by atoms with Gasteiger partial charge in [0.2, 0.25) is 5.91 Å². The van der Waals surface area contributed by atoms with Crippen LogP contribution in [-0.2, 0) is 16.1 Å². The minimum absolute atomic E-state index is 0.150. The smallest absolute Gasteiger partial charge is 0.341 e. The molecule has 2 aromatic carbocycles. The molecule has 1 heterocycles. The molecule has 0 bridgehead atoms. The Labute approximate surface area is 173 Å². The number of hydrogen-bond acceptors (Lipinski definition) is 5. The van der Waals surface area contributed by atoms with Gasteiger partial charge in [-0.2, -0.15) is 0 Å². The lowest BCUT2D eigenvalue weighted by molar-refractivity contribution is -0.114. The Hall–Kier alpha value is -2.45. The molecule has 146 valence electrons. The number of amides is 1. The molecule has 0 spiro atoms. The highest BCUT2D eigenvalue weighted by molar-refractivity contribution is 9.10. The van der Waals surface area contributed by atoms with Crippen LogP contribution in [0.5, 0.6) is 5.75 Å². The molecule has 0 radical (unpaired) electrons. The fraction of sp³-hybridized carbons (Fsp3) is 0.200. The third kappa shape index (κ3) is 4.34. The van der Waals surface area contributed by atoms with Crippen LogP contribution >= 0.6 is 27.3 Å². The third-order valence-electron chi connectivity index (χ3n) is 3.81. The van der Waals surface area contributed by atoms with Gasteiger partial charge in [0.05, 0.1) is 15.8 Å². The second-order valence-electron chi connectivity index (χ2n) is 5.88. The summed E-state index contributed by atoms with van der Waals surface area (Å²) in [7, 11) is 0. The van der Waals surface area contributed by atoms with E-state index in [9.17, 15) is 14.0 Å². The second kappa shape index (κ2) is 8.70. The van der Waals surface area contributed by atoms with Crippen LogP contribution in [0.1, 0.15) is 29.8 Å². The van der Waals surface area contributed by atoms with Crippen LogP contribution in [0.3, 0.4) is 0 Å². The van der Waals surface area contributed by atoms with Gasteiger partial charge < -0.3 is 14.8 Å². The van der Waals surface area contributed by atoms with E-state index in [1.807, 2.05) is 0 Å². The first-order valence-corrected chi connectivity index (χ1v) is 10.1. The number of carbonyl (C=O) groups excluding carboxylic acids is 2. The molecule has 0 aliphatic heterocycles. The summed E-state index contributed by atoms with van der Waals surface area (Å²) in [5, 5.41) is 3.70. The van der Waals surface area contributed by atoms with Crippen molar-refractivity contribution in [1.82, 2.24) is 0 Å². The molecule has 3 rings (SSSR count). The number of nitrogens with one attached hydrogen (secondary N) is 1. The monoisotopic (exact) mass is 465 g/mol. The summed E-state index contributed by atoms with van der Waals surface area (Å²) in [5.41, 5.74) is 0.966. The number of anilines is 1. The van der Waals surface area contributed by atoms with E-state index in [1.54, 1.807) is 31.2 Å². The summed E-state index contributed by atoms with van der Waals surface area (Å²) in [4.78, 5) is 24.1. The van der Waals surface area contributed by atoms with Gasteiger partial charge in [0, 0.05) is 12.3 Å². The van der Waals surface area contributed by atoms with Crippen LogP contribution in [-0.4, -0.2) is 18.5 Å². The predicted octanol–water partition coefficient (Wildman–Crippen LogP) is 5.52. The molecular formula is C20H17BrFNO4S. The second-order valence-corrected chi connectivity index (χ2v) is 7.75. The summed E-state index contributed by atoms with van der Waals surface area (Å²) in [5.74, 6) is -0.643. The molecule has 1 aromatic heterocycles. The number of thiophene rings is 1. The molecule has 5 nitrogen and oxygen atoms in total. The van der Waals surface area contributed by atoms with Crippen LogP contribution in [0, 0.1) is 5.82 Å². The van der Waals surface area contributed by atoms with E-state index in [0.29, 0.717) is 36.4 Å². The maximum absolute atomic E-state index is 13.4. The fourth-order valence-corrected chi connectivity index (χ4v) is 4.49. The highest BCUT2D eigenvalue weighted by Gasteiger charge is 2.24. The summed E-state index contributed by atoms with van der Waals surface area (Å²) in [6.45, 7) is 3.46. The van der Waals surface area contributed by atoms with Gasteiger partial charge in [0.1, 0.15) is 23.0 Å². The van der Waals surface area contributed by atoms with Crippen molar-refractivity contribution in [3.63, 3.8) is 0 Å². The van der Waals surface area contributed by atoms with Gasteiger partial charge in [0.25, 0.3) is 0 Å². The van der Waals surface area contributed by atoms with Gasteiger partial charge in [-0.3, -0.25) is 4.79 Å². The normalized spacial score (nSPS) is 10.7. The number of esters is 1. The summed E-state index contributed by atoms with van der Waals surface area (Å²) < 4.78 is 25.9. The standard InChI is InChI=1S/C20H17BrFNO4S/c1-3-26-20(25)16-14-7-8-15(21)17(18(14)28-19(16)23-11(2)24)27-10-12-5-4-6-13(22)9-12/h4-9H,3,10H2,1-2H3,(H,23,24). The van der Waals surface area contributed by atoms with Crippen LogP contribution in [0.2, 0.25) is 0 Å². The average molecular weight is 466 g/mol. The number of fused-ring (bicyclic) bond motifs is 1. The number of carbonyl (C=O) groups is 2. The zero-order valence-corrected chi connectivity index (χ0v) is 17.6. The Morgan fingerprint density at radius 3 is 2.71 bits per heavy atom. The van der Waals surface area contributed by atoms with Crippen LogP contribution in [0.25, 0.3) is 10.1 Å². The first-order valence-electron chi connectivity index (χ1n) is 8.47. The maximum atomic E-state index is 13.4. The van der Waals surface area contributed by atoms with Crippen LogP contribution in [0.15, 0.2) is 40.9 Å². The fourth-order valence-electron chi connectivity index (χ4n) is 2.68. The molecule has 0 fully saturated rings. The van der Waals surface area contributed by atoms with Crippen LogP contribution in [0.4, 0.5) is 9.39 Å². The minimum atomic E-state index is -0.518. The largest absolute Gasteiger partial charge is 0.486 e. The zero-order chi connectivity index (χ0) is 20.3. The number of benzene rings is 2. The predicted molar refractivity (Wildman–Crippen MR) is 111 cm³/mol. The molecule has 8 heteroatoms. The third-order valence-corrected chi connectivity index (χ3v) is 5.55. The molecule has 0 saturated carbocycles. The van der Waals surface area contributed by atoms with Crippen molar-refractivity contribution in [2.24, 2.45) is 0 Å². The number of ether oxygens (including phenoxy) is 2. The van der Waals surface area contributed by atoms with Crippen LogP contribution < -0.4 is 10.1 Å². The van der Waals surface area contributed by atoms with Crippen molar-refractivity contribution in [2.75, 3.05) is 11.9 Å². The molecule has 0 saturated heterocycles. The molecule has 0 unspecified atom stereocenters. The zero-order valence-electron chi connectivity index (χ0n) is 15.2. The Bertz CT molecular complexity index is 1050. The lowest BCUT2D eigenvalue weighted by Gasteiger charge is -2.10. The highest BCUT2D eigenvalue weighted by atomic mass is 79.9. The Kier molecular flexibility index (Phi) is 6.31. The van der Waals surface area contributed by atoms with Crippen molar-refractivity contribution < 1.29 is 23.5 Å². The van der Waals surface area contributed by atoms with E-state index in [0.717, 1.165) is 0 Å². The molecule has 3 aromatic rings. The van der Waals surface area contributed by atoms with Crippen molar-refractivity contribution in [3.05, 3.63) is 57.8 Å². The van der Waals surface area contributed by atoms with E-state index in [2.05, 4.69) is 21.2 Å². The SMILES string of the molecule is CCOC(=O)c1c(NC(C)=O)sc2c(OCc3cccc(F)c3)c(Br)ccc12. The number of halogens is 2. The first-order chi connectivity index (χ1) is 13.4. The van der Waals surface area contributed by atoms with Gasteiger partial charge in [-0.1, -0.05) is 18.2 Å². The summed E-state index contributed by atoms with van der Waals surface area (Å²) in [6.07, 6.45) is 0. The van der Waals surface area contributed by atoms with Gasteiger partial charge in [-0.25, -0.2) is 9.18 Å². The quantitative estimate of drug-likeness (QED) is 0.486. The van der Waals surface area contributed by atoms with E-state index in [-0.39, 0.29) is 24.9 Å². The number of rotatable bonds is 6. The Morgan fingerprint density at radius 1 is 1.25 bits per heavy atom. The Balaban J connectivity index is 2.06. The maximum Gasteiger partial charge on any atom is 0.341 e. The van der Waals surface area contributed by atoms with Crippen molar-refractivity contribution in [2.45, 2.75) is 20.5 Å². The summed E-state index contributed by atoms with van der Waals surface area (Å²) >= 11 is 4.69. The van der Waals surface area contributed by atoms with E-state index < -0.39 is 5.97 Å². The van der Waals surface area contributed by atoms with Gasteiger partial charge in [-0.05, 0) is 46.6 Å².